The van der Waals surface area contributed by atoms with Crippen LogP contribution in [0.1, 0.15) is 26.2 Å². The minimum absolute atomic E-state index is 0.284. The van der Waals surface area contributed by atoms with Gasteiger partial charge in [0.25, 0.3) is 0 Å². The summed E-state index contributed by atoms with van der Waals surface area (Å²) < 4.78 is 16.0. The van der Waals surface area contributed by atoms with E-state index in [0.29, 0.717) is 19.8 Å². The van der Waals surface area contributed by atoms with Crippen LogP contribution in [-0.2, 0) is 14.2 Å². The van der Waals surface area contributed by atoms with Gasteiger partial charge in [-0.15, -0.1) is 0 Å². The second-order valence-corrected chi connectivity index (χ2v) is 4.24. The summed E-state index contributed by atoms with van der Waals surface area (Å²) in [6, 6.07) is 0.284. The van der Waals surface area contributed by atoms with Gasteiger partial charge in [-0.25, -0.2) is 0 Å². The summed E-state index contributed by atoms with van der Waals surface area (Å²) >= 11 is 0. The molecule has 4 heteroatoms. The molecule has 0 saturated heterocycles. The first-order valence-corrected chi connectivity index (χ1v) is 6.49. The number of rotatable bonds is 9. The van der Waals surface area contributed by atoms with Gasteiger partial charge in [-0.05, 0) is 31.4 Å². The molecule has 1 aliphatic rings. The van der Waals surface area contributed by atoms with Crippen LogP contribution < -0.4 is 5.32 Å². The molecule has 1 unspecified atom stereocenters. The Kier molecular flexibility index (Phi) is 8.05. The summed E-state index contributed by atoms with van der Waals surface area (Å²) in [4.78, 5) is 0. The summed E-state index contributed by atoms with van der Waals surface area (Å²) in [7, 11) is 1.69. The van der Waals surface area contributed by atoms with Gasteiger partial charge in [-0.3, -0.25) is 0 Å². The van der Waals surface area contributed by atoms with Crippen molar-refractivity contribution in [1.82, 2.24) is 5.32 Å². The van der Waals surface area contributed by atoms with Crippen molar-refractivity contribution >= 4 is 0 Å². The first kappa shape index (κ1) is 14.5. The van der Waals surface area contributed by atoms with Crippen LogP contribution in [0.3, 0.4) is 0 Å². The SMILES string of the molecule is CCCNC(COCCOC)C1=COCCC1. The third kappa shape index (κ3) is 6.05. The molecule has 0 radical (unpaired) electrons. The van der Waals surface area contributed by atoms with Gasteiger partial charge in [0.1, 0.15) is 0 Å². The van der Waals surface area contributed by atoms with E-state index in [0.717, 1.165) is 32.4 Å². The largest absolute Gasteiger partial charge is 0.501 e. The zero-order valence-corrected chi connectivity index (χ0v) is 11.0. The third-order valence-corrected chi connectivity index (χ3v) is 2.77. The van der Waals surface area contributed by atoms with Crippen LogP contribution in [0.4, 0.5) is 0 Å². The fraction of sp³-hybridized carbons (Fsp3) is 0.846. The normalized spacial score (nSPS) is 17.4. The van der Waals surface area contributed by atoms with E-state index in [1.54, 1.807) is 7.11 Å². The van der Waals surface area contributed by atoms with Crippen molar-refractivity contribution in [3.63, 3.8) is 0 Å². The van der Waals surface area contributed by atoms with Crippen LogP contribution >= 0.6 is 0 Å². The van der Waals surface area contributed by atoms with Crippen LogP contribution in [0.15, 0.2) is 11.8 Å². The quantitative estimate of drug-likeness (QED) is 0.626. The maximum Gasteiger partial charge on any atom is 0.0876 e. The topological polar surface area (TPSA) is 39.7 Å². The Hall–Kier alpha value is -0.580. The summed E-state index contributed by atoms with van der Waals surface area (Å²) in [6.45, 7) is 6.01. The second-order valence-electron chi connectivity index (χ2n) is 4.24. The van der Waals surface area contributed by atoms with Gasteiger partial charge >= 0.3 is 0 Å². The molecule has 0 aromatic rings. The maximum atomic E-state index is 5.60. The molecule has 0 spiro atoms. The Morgan fingerprint density at radius 2 is 2.35 bits per heavy atom. The number of methoxy groups -OCH3 is 1. The molecule has 0 bridgehead atoms. The molecular weight excluding hydrogens is 218 g/mol. The van der Waals surface area contributed by atoms with Crippen LogP contribution in [0.5, 0.6) is 0 Å². The molecule has 1 atom stereocenters. The van der Waals surface area contributed by atoms with Crippen LogP contribution in [-0.4, -0.2) is 46.1 Å². The molecule has 0 aliphatic carbocycles. The number of hydrogen-bond acceptors (Lipinski definition) is 4. The molecule has 0 aromatic carbocycles. The standard InChI is InChI=1S/C13H25NO3/c1-3-6-14-13(11-17-9-8-15-2)12-5-4-7-16-10-12/h10,13-14H,3-9,11H2,1-2H3. The van der Waals surface area contributed by atoms with E-state index in [1.807, 2.05) is 6.26 Å². The lowest BCUT2D eigenvalue weighted by Crippen LogP contribution is -2.37. The summed E-state index contributed by atoms with van der Waals surface area (Å²) in [5.41, 5.74) is 1.32. The fourth-order valence-electron chi connectivity index (χ4n) is 1.80. The molecule has 0 saturated carbocycles. The minimum Gasteiger partial charge on any atom is -0.501 e. The predicted molar refractivity (Wildman–Crippen MR) is 68.0 cm³/mol. The lowest BCUT2D eigenvalue weighted by atomic mass is 10.0. The molecule has 100 valence electrons. The minimum atomic E-state index is 0.284. The lowest BCUT2D eigenvalue weighted by molar-refractivity contribution is 0.0613. The van der Waals surface area contributed by atoms with E-state index in [1.165, 1.54) is 5.57 Å². The van der Waals surface area contributed by atoms with Gasteiger partial charge in [0.15, 0.2) is 0 Å². The molecule has 0 fully saturated rings. The second kappa shape index (κ2) is 9.45. The molecule has 1 heterocycles. The van der Waals surface area contributed by atoms with Crippen molar-refractivity contribution in [1.29, 1.82) is 0 Å². The fourth-order valence-corrected chi connectivity index (χ4v) is 1.80. The first-order valence-electron chi connectivity index (χ1n) is 6.49. The van der Waals surface area contributed by atoms with Gasteiger partial charge in [0, 0.05) is 7.11 Å². The molecule has 0 amide bonds. The molecule has 1 rings (SSSR count). The zero-order chi connectivity index (χ0) is 12.3. The van der Waals surface area contributed by atoms with Crippen LogP contribution in [0, 0.1) is 0 Å². The highest BCUT2D eigenvalue weighted by Gasteiger charge is 2.16. The van der Waals surface area contributed by atoms with Crippen molar-refractivity contribution in [3.05, 3.63) is 11.8 Å². The van der Waals surface area contributed by atoms with Gasteiger partial charge in [0.2, 0.25) is 0 Å². The van der Waals surface area contributed by atoms with Gasteiger partial charge in [0.05, 0.1) is 38.7 Å². The van der Waals surface area contributed by atoms with E-state index in [9.17, 15) is 0 Å². The Bertz CT molecular complexity index is 219. The number of hydrogen-bond donors (Lipinski definition) is 1. The smallest absolute Gasteiger partial charge is 0.0876 e. The van der Waals surface area contributed by atoms with Crippen LogP contribution in [0.25, 0.3) is 0 Å². The van der Waals surface area contributed by atoms with Gasteiger partial charge in [-0.1, -0.05) is 6.92 Å². The highest BCUT2D eigenvalue weighted by atomic mass is 16.5. The Balaban J connectivity index is 2.33. The molecule has 4 nitrogen and oxygen atoms in total. The van der Waals surface area contributed by atoms with Crippen molar-refractivity contribution in [2.75, 3.05) is 40.1 Å². The highest BCUT2D eigenvalue weighted by molar-refractivity contribution is 5.10. The molecule has 0 aromatic heterocycles. The van der Waals surface area contributed by atoms with E-state index < -0.39 is 0 Å². The van der Waals surface area contributed by atoms with E-state index in [2.05, 4.69) is 12.2 Å². The number of ether oxygens (including phenoxy) is 3. The predicted octanol–water partition coefficient (Wildman–Crippen LogP) is 1.71. The molecule has 17 heavy (non-hydrogen) atoms. The van der Waals surface area contributed by atoms with Gasteiger partial charge in [-0.2, -0.15) is 0 Å². The maximum absolute atomic E-state index is 5.60. The Morgan fingerprint density at radius 3 is 3.00 bits per heavy atom. The van der Waals surface area contributed by atoms with Gasteiger partial charge < -0.3 is 19.5 Å². The number of nitrogens with one attached hydrogen (secondary N) is 1. The highest BCUT2D eigenvalue weighted by Crippen LogP contribution is 2.16. The van der Waals surface area contributed by atoms with E-state index >= 15 is 0 Å². The average Bonchev–Trinajstić information content (AvgIpc) is 2.39. The summed E-state index contributed by atoms with van der Waals surface area (Å²) in [6.07, 6.45) is 5.24. The Labute approximate surface area is 104 Å². The van der Waals surface area contributed by atoms with Crippen molar-refractivity contribution in [3.8, 4) is 0 Å². The Morgan fingerprint density at radius 1 is 1.47 bits per heavy atom. The summed E-state index contributed by atoms with van der Waals surface area (Å²) in [5.74, 6) is 0. The third-order valence-electron chi connectivity index (χ3n) is 2.77. The van der Waals surface area contributed by atoms with E-state index in [4.69, 9.17) is 14.2 Å². The summed E-state index contributed by atoms with van der Waals surface area (Å²) in [5, 5.41) is 3.50. The van der Waals surface area contributed by atoms with Crippen molar-refractivity contribution < 1.29 is 14.2 Å². The van der Waals surface area contributed by atoms with Crippen LogP contribution in [0.2, 0.25) is 0 Å². The van der Waals surface area contributed by atoms with Crippen molar-refractivity contribution in [2.24, 2.45) is 0 Å². The van der Waals surface area contributed by atoms with E-state index in [-0.39, 0.29) is 6.04 Å². The monoisotopic (exact) mass is 243 g/mol. The van der Waals surface area contributed by atoms with Crippen molar-refractivity contribution in [2.45, 2.75) is 32.2 Å². The molecular formula is C13H25NO3. The zero-order valence-electron chi connectivity index (χ0n) is 11.0. The first-order chi connectivity index (χ1) is 8.38. The average molecular weight is 243 g/mol. The lowest BCUT2D eigenvalue weighted by Gasteiger charge is -2.24. The molecule has 1 N–H and O–H groups in total. The molecule has 1 aliphatic heterocycles.